The van der Waals surface area contributed by atoms with Crippen LogP contribution in [0.3, 0.4) is 0 Å². The number of carboxylic acid groups (broad SMARTS) is 1. The van der Waals surface area contributed by atoms with Crippen LogP contribution in [-0.2, 0) is 16.1 Å². The molecule has 1 atom stereocenters. The fourth-order valence-corrected chi connectivity index (χ4v) is 4.92. The van der Waals surface area contributed by atoms with Gasteiger partial charge in [-0.25, -0.2) is 4.79 Å². The highest BCUT2D eigenvalue weighted by molar-refractivity contribution is 6.00. The molecule has 2 aliphatic heterocycles. The maximum Gasteiger partial charge on any atom is 0.328 e. The summed E-state index contributed by atoms with van der Waals surface area (Å²) < 4.78 is 6.09. The molecule has 1 unspecified atom stereocenters. The first kappa shape index (κ1) is 20.7. The van der Waals surface area contributed by atoms with Crippen molar-refractivity contribution in [2.24, 2.45) is 0 Å². The second-order valence-corrected chi connectivity index (χ2v) is 8.61. The molecule has 0 saturated carbocycles. The van der Waals surface area contributed by atoms with Crippen LogP contribution < -0.4 is 0 Å². The van der Waals surface area contributed by atoms with Crippen molar-refractivity contribution >= 4 is 22.6 Å². The van der Waals surface area contributed by atoms with E-state index in [0.29, 0.717) is 18.4 Å². The van der Waals surface area contributed by atoms with Crippen LogP contribution in [0.25, 0.3) is 10.8 Å². The van der Waals surface area contributed by atoms with Gasteiger partial charge in [0, 0.05) is 38.0 Å². The summed E-state index contributed by atoms with van der Waals surface area (Å²) in [5, 5.41) is 11.8. The molecule has 1 spiro atoms. The highest BCUT2D eigenvalue weighted by atomic mass is 16.5. The summed E-state index contributed by atoms with van der Waals surface area (Å²) >= 11 is 0. The third kappa shape index (κ3) is 3.76. The maximum absolute atomic E-state index is 13.6. The topological polar surface area (TPSA) is 70.1 Å². The Morgan fingerprint density at radius 3 is 2.34 bits per heavy atom. The van der Waals surface area contributed by atoms with Gasteiger partial charge in [0.1, 0.15) is 5.72 Å². The lowest BCUT2D eigenvalue weighted by atomic mass is 9.96. The summed E-state index contributed by atoms with van der Waals surface area (Å²) in [5.74, 6) is -1.31. The molecule has 2 saturated heterocycles. The molecule has 32 heavy (non-hydrogen) atoms. The van der Waals surface area contributed by atoms with E-state index in [9.17, 15) is 14.7 Å². The fourth-order valence-electron chi connectivity index (χ4n) is 4.92. The summed E-state index contributed by atoms with van der Waals surface area (Å²) in [4.78, 5) is 29.5. The molecule has 0 aliphatic carbocycles. The summed E-state index contributed by atoms with van der Waals surface area (Å²) in [6, 6.07) is 22.7. The summed E-state index contributed by atoms with van der Waals surface area (Å²) in [6.07, 6.45) is 1.17. The minimum absolute atomic E-state index is 0.0212. The molecular weight excluding hydrogens is 404 g/mol. The van der Waals surface area contributed by atoms with Gasteiger partial charge in [-0.15, -0.1) is 0 Å². The Balaban J connectivity index is 1.39. The predicted octanol–water partition coefficient (Wildman–Crippen LogP) is 3.76. The molecule has 164 valence electrons. The van der Waals surface area contributed by atoms with Crippen LogP contribution in [0.2, 0.25) is 0 Å². The Labute approximate surface area is 187 Å². The quantitative estimate of drug-likeness (QED) is 0.683. The van der Waals surface area contributed by atoms with Crippen LogP contribution in [0, 0.1) is 0 Å². The number of fused-ring (bicyclic) bond motifs is 1. The molecule has 2 aliphatic rings. The van der Waals surface area contributed by atoms with Crippen molar-refractivity contribution < 1.29 is 19.4 Å². The number of ether oxygens (including phenoxy) is 1. The monoisotopic (exact) mass is 430 g/mol. The Morgan fingerprint density at radius 2 is 1.62 bits per heavy atom. The first-order valence-electron chi connectivity index (χ1n) is 11.0. The summed E-state index contributed by atoms with van der Waals surface area (Å²) in [6.45, 7) is 2.33. The van der Waals surface area contributed by atoms with E-state index >= 15 is 0 Å². The number of likely N-dealkylation sites (tertiary alicyclic amines) is 1. The zero-order valence-corrected chi connectivity index (χ0v) is 17.8. The lowest BCUT2D eigenvalue weighted by molar-refractivity contribution is -0.144. The number of piperidine rings is 1. The molecule has 1 N–H and O–H groups in total. The van der Waals surface area contributed by atoms with Gasteiger partial charge in [-0.05, 0) is 28.5 Å². The Hall–Kier alpha value is -3.22. The van der Waals surface area contributed by atoms with Gasteiger partial charge in [-0.1, -0.05) is 60.7 Å². The molecule has 5 rings (SSSR count). The lowest BCUT2D eigenvalue weighted by Crippen LogP contribution is -2.58. The van der Waals surface area contributed by atoms with Crippen molar-refractivity contribution in [3.8, 4) is 0 Å². The van der Waals surface area contributed by atoms with E-state index in [-0.39, 0.29) is 12.5 Å². The Bertz CT molecular complexity index is 1140. The van der Waals surface area contributed by atoms with Crippen LogP contribution in [0.15, 0.2) is 72.8 Å². The average molecular weight is 431 g/mol. The zero-order valence-electron chi connectivity index (χ0n) is 17.8. The number of carbonyl (C=O) groups is 2. The molecule has 6 nitrogen and oxygen atoms in total. The van der Waals surface area contributed by atoms with E-state index in [1.807, 2.05) is 54.6 Å². The summed E-state index contributed by atoms with van der Waals surface area (Å²) in [5.41, 5.74) is 0.855. The highest BCUT2D eigenvalue weighted by Gasteiger charge is 2.54. The predicted molar refractivity (Wildman–Crippen MR) is 121 cm³/mol. The molecule has 3 aromatic carbocycles. The standard InChI is InChI=1S/C26H26N2O4/c29-24(22-11-10-20-8-4-5-9-21(20)16-22)28-23(25(30)31)18-32-26(28)12-14-27(15-13-26)17-19-6-2-1-3-7-19/h1-11,16,23H,12-15,17-18H2,(H,30,31). The van der Waals surface area contributed by atoms with Crippen molar-refractivity contribution in [3.05, 3.63) is 83.9 Å². The van der Waals surface area contributed by atoms with Crippen LogP contribution in [0.1, 0.15) is 28.8 Å². The molecule has 1 amide bonds. The van der Waals surface area contributed by atoms with Gasteiger partial charge < -0.3 is 9.84 Å². The SMILES string of the molecule is O=C(O)C1COC2(CCN(Cc3ccccc3)CC2)N1C(=O)c1ccc2ccccc2c1. The highest BCUT2D eigenvalue weighted by Crippen LogP contribution is 2.39. The van der Waals surface area contributed by atoms with Crippen LogP contribution in [-0.4, -0.2) is 58.2 Å². The molecular formula is C26H26N2O4. The molecule has 6 heteroatoms. The first-order valence-corrected chi connectivity index (χ1v) is 11.0. The van der Waals surface area contributed by atoms with Gasteiger partial charge in [0.2, 0.25) is 0 Å². The van der Waals surface area contributed by atoms with E-state index < -0.39 is 17.7 Å². The van der Waals surface area contributed by atoms with Crippen molar-refractivity contribution in [3.63, 3.8) is 0 Å². The van der Waals surface area contributed by atoms with E-state index in [1.54, 1.807) is 6.07 Å². The number of carbonyl (C=O) groups excluding carboxylic acids is 1. The molecule has 2 heterocycles. The van der Waals surface area contributed by atoms with Gasteiger partial charge in [0.05, 0.1) is 6.61 Å². The van der Waals surface area contributed by atoms with E-state index in [2.05, 4.69) is 17.0 Å². The van der Waals surface area contributed by atoms with Crippen LogP contribution >= 0.6 is 0 Å². The third-order valence-electron chi connectivity index (χ3n) is 6.65. The minimum atomic E-state index is -1.03. The van der Waals surface area contributed by atoms with Crippen molar-refractivity contribution in [2.45, 2.75) is 31.2 Å². The van der Waals surface area contributed by atoms with Crippen molar-refractivity contribution in [2.75, 3.05) is 19.7 Å². The molecule has 3 aromatic rings. The fraction of sp³-hybridized carbons (Fsp3) is 0.308. The van der Waals surface area contributed by atoms with Crippen molar-refractivity contribution in [1.82, 2.24) is 9.80 Å². The zero-order chi connectivity index (χ0) is 22.1. The van der Waals surface area contributed by atoms with Crippen LogP contribution in [0.5, 0.6) is 0 Å². The van der Waals surface area contributed by atoms with E-state index in [1.165, 1.54) is 10.5 Å². The smallest absolute Gasteiger partial charge is 0.328 e. The normalized spacial score (nSPS) is 20.6. The molecule has 2 fully saturated rings. The lowest BCUT2D eigenvalue weighted by Gasteiger charge is -2.44. The van der Waals surface area contributed by atoms with Crippen LogP contribution in [0.4, 0.5) is 0 Å². The third-order valence-corrected chi connectivity index (χ3v) is 6.65. The molecule has 0 radical (unpaired) electrons. The Kier molecular flexibility index (Phi) is 5.41. The summed E-state index contributed by atoms with van der Waals surface area (Å²) in [7, 11) is 0. The Morgan fingerprint density at radius 1 is 0.938 bits per heavy atom. The van der Waals surface area contributed by atoms with Gasteiger partial charge in [-0.2, -0.15) is 0 Å². The average Bonchev–Trinajstić information content (AvgIpc) is 3.19. The van der Waals surface area contributed by atoms with Crippen molar-refractivity contribution in [1.29, 1.82) is 0 Å². The van der Waals surface area contributed by atoms with E-state index in [0.717, 1.165) is 30.4 Å². The molecule has 0 bridgehead atoms. The number of aliphatic carboxylic acids is 1. The van der Waals surface area contributed by atoms with Gasteiger partial charge in [0.15, 0.2) is 6.04 Å². The van der Waals surface area contributed by atoms with Gasteiger partial charge in [0.25, 0.3) is 5.91 Å². The molecule has 0 aromatic heterocycles. The number of amides is 1. The first-order chi connectivity index (χ1) is 15.6. The minimum Gasteiger partial charge on any atom is -0.480 e. The largest absolute Gasteiger partial charge is 0.480 e. The van der Waals surface area contributed by atoms with Gasteiger partial charge in [-0.3, -0.25) is 14.6 Å². The number of hydrogen-bond acceptors (Lipinski definition) is 4. The van der Waals surface area contributed by atoms with Gasteiger partial charge >= 0.3 is 5.97 Å². The number of benzene rings is 3. The second-order valence-electron chi connectivity index (χ2n) is 8.61. The second kappa shape index (κ2) is 8.37. The number of hydrogen-bond donors (Lipinski definition) is 1. The number of rotatable bonds is 4. The maximum atomic E-state index is 13.6. The van der Waals surface area contributed by atoms with E-state index in [4.69, 9.17) is 4.74 Å². The number of nitrogens with zero attached hydrogens (tertiary/aromatic N) is 2. The number of carboxylic acids is 1.